The van der Waals surface area contributed by atoms with Gasteiger partial charge in [0.15, 0.2) is 5.78 Å². The van der Waals surface area contributed by atoms with Crippen LogP contribution in [0.4, 0.5) is 4.79 Å². The number of likely N-dealkylation sites (tertiary alicyclic amines) is 1. The molecule has 1 N–H and O–H groups in total. The van der Waals surface area contributed by atoms with E-state index in [1.165, 1.54) is 23.8 Å². The van der Waals surface area contributed by atoms with Crippen LogP contribution in [0.15, 0.2) is 0 Å². The van der Waals surface area contributed by atoms with E-state index >= 15 is 0 Å². The number of ketones is 1. The molecule has 1 unspecified atom stereocenters. The van der Waals surface area contributed by atoms with E-state index in [1.54, 1.807) is 0 Å². The summed E-state index contributed by atoms with van der Waals surface area (Å²) in [4.78, 5) is 35.7. The number of carbonyl (C=O) groups is 3. The van der Waals surface area contributed by atoms with Crippen molar-refractivity contribution < 1.29 is 24.2 Å². The molecular formula is C11H15NO5S. The van der Waals surface area contributed by atoms with E-state index in [1.807, 2.05) is 0 Å². The van der Waals surface area contributed by atoms with Crippen molar-refractivity contribution in [2.45, 2.75) is 17.6 Å². The Bertz CT molecular complexity index is 389. The summed E-state index contributed by atoms with van der Waals surface area (Å²) >= 11 is 1.47. The molecule has 2 aliphatic heterocycles. The third kappa shape index (κ3) is 2.07. The highest BCUT2D eigenvalue weighted by Crippen LogP contribution is 2.48. The first-order valence-corrected chi connectivity index (χ1v) is 6.71. The number of carboxylic acid groups (broad SMARTS) is 1. The maximum Gasteiger partial charge on any atom is 0.407 e. The summed E-state index contributed by atoms with van der Waals surface area (Å²) in [6.45, 7) is 0.728. The number of methoxy groups -OCH3 is 1. The number of hydrogen-bond donors (Lipinski definition) is 1. The van der Waals surface area contributed by atoms with Crippen molar-refractivity contribution in [2.75, 3.05) is 26.0 Å². The van der Waals surface area contributed by atoms with Crippen molar-refractivity contribution >= 4 is 29.6 Å². The van der Waals surface area contributed by atoms with E-state index < -0.39 is 22.7 Å². The molecule has 2 fully saturated rings. The van der Waals surface area contributed by atoms with Crippen molar-refractivity contribution in [3.8, 4) is 0 Å². The molecule has 0 aromatic heterocycles. The Kier molecular flexibility index (Phi) is 3.52. The van der Waals surface area contributed by atoms with Crippen LogP contribution in [0.5, 0.6) is 0 Å². The second-order valence-electron chi connectivity index (χ2n) is 4.55. The van der Waals surface area contributed by atoms with E-state index in [-0.39, 0.29) is 5.78 Å². The number of ether oxygens (including phenoxy) is 1. The van der Waals surface area contributed by atoms with Crippen LogP contribution in [0.25, 0.3) is 0 Å². The fraction of sp³-hybridized carbons (Fsp3) is 0.727. The molecule has 2 aliphatic rings. The van der Waals surface area contributed by atoms with Crippen molar-refractivity contribution in [1.82, 2.24) is 4.90 Å². The van der Waals surface area contributed by atoms with Gasteiger partial charge in [0.1, 0.15) is 5.92 Å². The molecule has 2 heterocycles. The number of carbonyl (C=O) groups excluding carboxylic acids is 2. The van der Waals surface area contributed by atoms with Crippen LogP contribution < -0.4 is 0 Å². The van der Waals surface area contributed by atoms with Crippen LogP contribution in [-0.4, -0.2) is 58.6 Å². The minimum Gasteiger partial charge on any atom is -0.468 e. The number of hydrogen-bond acceptors (Lipinski definition) is 5. The van der Waals surface area contributed by atoms with Gasteiger partial charge < -0.3 is 14.7 Å². The largest absolute Gasteiger partial charge is 0.468 e. The minimum atomic E-state index is -0.950. The van der Waals surface area contributed by atoms with Gasteiger partial charge in [-0.3, -0.25) is 9.59 Å². The molecule has 0 bridgehead atoms. The molecule has 0 aromatic carbocycles. The normalized spacial score (nSPS) is 26.4. The van der Waals surface area contributed by atoms with Crippen molar-refractivity contribution in [2.24, 2.45) is 5.92 Å². The zero-order chi connectivity index (χ0) is 13.3. The van der Waals surface area contributed by atoms with Gasteiger partial charge in [-0.25, -0.2) is 4.79 Å². The third-order valence-electron chi connectivity index (χ3n) is 3.67. The number of esters is 1. The summed E-state index contributed by atoms with van der Waals surface area (Å²) < 4.78 is 4.24. The van der Waals surface area contributed by atoms with Gasteiger partial charge in [-0.05, 0) is 12.8 Å². The molecular weight excluding hydrogens is 258 g/mol. The van der Waals surface area contributed by atoms with Gasteiger partial charge in [0.2, 0.25) is 0 Å². The lowest BCUT2D eigenvalue weighted by molar-refractivity contribution is -0.150. The average molecular weight is 273 g/mol. The zero-order valence-electron chi connectivity index (χ0n) is 10.0. The van der Waals surface area contributed by atoms with Crippen molar-refractivity contribution in [3.63, 3.8) is 0 Å². The van der Waals surface area contributed by atoms with Crippen LogP contribution in [0.3, 0.4) is 0 Å². The molecule has 0 aromatic rings. The highest BCUT2D eigenvalue weighted by molar-refractivity contribution is 8.01. The minimum absolute atomic E-state index is 0.101. The van der Waals surface area contributed by atoms with Gasteiger partial charge in [-0.15, -0.1) is 11.8 Å². The number of nitrogens with zero attached hydrogens (tertiary/aromatic N) is 1. The molecule has 6 nitrogen and oxygen atoms in total. The molecule has 1 amide bonds. The molecule has 7 heteroatoms. The predicted molar refractivity (Wildman–Crippen MR) is 64.5 cm³/mol. The Morgan fingerprint density at radius 2 is 2.06 bits per heavy atom. The van der Waals surface area contributed by atoms with Crippen LogP contribution in [0.2, 0.25) is 0 Å². The van der Waals surface area contributed by atoms with Crippen molar-refractivity contribution in [1.29, 1.82) is 0 Å². The summed E-state index contributed by atoms with van der Waals surface area (Å²) in [6.07, 6.45) is 0.0964. The molecule has 100 valence electrons. The third-order valence-corrected chi connectivity index (χ3v) is 5.31. The van der Waals surface area contributed by atoms with Gasteiger partial charge in [0, 0.05) is 17.8 Å². The van der Waals surface area contributed by atoms with Gasteiger partial charge in [0.25, 0.3) is 0 Å². The molecule has 0 radical (unpaired) electrons. The lowest BCUT2D eigenvalue weighted by atomic mass is 9.81. The number of Topliss-reactive ketones (excluding diaryl/α,β-unsaturated/α-hetero) is 1. The summed E-state index contributed by atoms with van der Waals surface area (Å²) in [5, 5.41) is 8.90. The van der Waals surface area contributed by atoms with Gasteiger partial charge in [-0.1, -0.05) is 0 Å². The smallest absolute Gasteiger partial charge is 0.407 e. The second-order valence-corrected chi connectivity index (χ2v) is 5.94. The first kappa shape index (κ1) is 13.2. The van der Waals surface area contributed by atoms with Crippen LogP contribution in [0, 0.1) is 5.92 Å². The summed E-state index contributed by atoms with van der Waals surface area (Å²) in [5.74, 6) is -1.01. The summed E-state index contributed by atoms with van der Waals surface area (Å²) in [5.41, 5.74) is 0. The molecule has 18 heavy (non-hydrogen) atoms. The van der Waals surface area contributed by atoms with Crippen LogP contribution >= 0.6 is 11.8 Å². The molecule has 1 spiro atoms. The SMILES string of the molecule is COC(=O)C1C(=O)CSC12CCN(C(=O)O)CC2. The highest BCUT2D eigenvalue weighted by Gasteiger charge is 2.54. The maximum absolute atomic E-state index is 11.8. The summed E-state index contributed by atoms with van der Waals surface area (Å²) in [6, 6.07) is 0. The maximum atomic E-state index is 11.8. The number of thioether (sulfide) groups is 1. The van der Waals surface area contributed by atoms with E-state index in [9.17, 15) is 14.4 Å². The predicted octanol–water partition coefficient (Wildman–Crippen LogP) is 0.604. The standard InChI is InChI=1S/C11H15NO5S/c1-17-9(14)8-7(13)6-18-11(8)2-4-12(5-3-11)10(15)16/h8H,2-6H2,1H3,(H,15,16). The van der Waals surface area contributed by atoms with E-state index in [2.05, 4.69) is 0 Å². The van der Waals surface area contributed by atoms with Crippen molar-refractivity contribution in [3.05, 3.63) is 0 Å². The molecule has 2 rings (SSSR count). The monoisotopic (exact) mass is 273 g/mol. The number of piperidine rings is 1. The average Bonchev–Trinajstić information content (AvgIpc) is 2.66. The van der Waals surface area contributed by atoms with E-state index in [0.717, 1.165) is 0 Å². The Balaban J connectivity index is 2.14. The first-order valence-electron chi connectivity index (χ1n) is 5.72. The Morgan fingerprint density at radius 3 is 2.56 bits per heavy atom. The quantitative estimate of drug-likeness (QED) is 0.556. The molecule has 0 aliphatic carbocycles. The van der Waals surface area contributed by atoms with Gasteiger partial charge in [-0.2, -0.15) is 0 Å². The summed E-state index contributed by atoms with van der Waals surface area (Å²) in [7, 11) is 1.28. The Hall–Kier alpha value is -1.24. The fourth-order valence-electron chi connectivity index (χ4n) is 2.65. The number of rotatable bonds is 1. The topological polar surface area (TPSA) is 83.9 Å². The highest BCUT2D eigenvalue weighted by atomic mass is 32.2. The second kappa shape index (κ2) is 4.79. The molecule has 1 atom stereocenters. The molecule has 0 saturated carbocycles. The van der Waals surface area contributed by atoms with Crippen LogP contribution in [0.1, 0.15) is 12.8 Å². The fourth-order valence-corrected chi connectivity index (χ4v) is 4.11. The Labute approximate surface area is 109 Å². The van der Waals surface area contributed by atoms with Gasteiger partial charge >= 0.3 is 12.1 Å². The first-order chi connectivity index (χ1) is 8.50. The zero-order valence-corrected chi connectivity index (χ0v) is 10.9. The van der Waals surface area contributed by atoms with Crippen LogP contribution in [-0.2, 0) is 14.3 Å². The lowest BCUT2D eigenvalue weighted by Crippen LogP contribution is -2.49. The Morgan fingerprint density at radius 1 is 1.44 bits per heavy atom. The van der Waals surface area contributed by atoms with E-state index in [4.69, 9.17) is 9.84 Å². The van der Waals surface area contributed by atoms with Gasteiger partial charge in [0.05, 0.1) is 12.9 Å². The molecule has 2 saturated heterocycles. The van der Waals surface area contributed by atoms with E-state index in [0.29, 0.717) is 31.7 Å². The lowest BCUT2D eigenvalue weighted by Gasteiger charge is -2.39. The number of amides is 1.